The smallest absolute Gasteiger partial charge is 0.360 e. The zero-order valence-corrected chi connectivity index (χ0v) is 15.3. The molecule has 2 N–H and O–H groups in total. The molecule has 1 heterocycles. The van der Waals surface area contributed by atoms with Gasteiger partial charge in [0, 0.05) is 11.7 Å². The van der Waals surface area contributed by atoms with Crippen LogP contribution in [0, 0.1) is 0 Å². The Morgan fingerprint density at radius 1 is 1.08 bits per heavy atom. The highest BCUT2D eigenvalue weighted by atomic mass is 32.2. The molecule has 134 valence electrons. The van der Waals surface area contributed by atoms with E-state index in [1.54, 1.807) is 0 Å². The quantitative estimate of drug-likeness (QED) is 0.811. The third kappa shape index (κ3) is 2.94. The van der Waals surface area contributed by atoms with Crippen LogP contribution in [0.15, 0.2) is 6.07 Å². The molecule has 5 nitrogen and oxygen atoms in total. The van der Waals surface area contributed by atoms with Crippen LogP contribution in [0.25, 0.3) is 0 Å². The molecule has 1 aromatic carbocycles. The standard InChI is InChI=1S/C19H25N3O2S/c23-19(21-25(24)15-10-22(11-15)14-7-8-14)20-18-16-5-1-3-12(16)9-13-4-2-6-17(13)18/h9,14-15H,1-8,10-11H2,(H2,20,21,23). The summed E-state index contributed by atoms with van der Waals surface area (Å²) in [5, 5.41) is 3.15. The van der Waals surface area contributed by atoms with E-state index >= 15 is 0 Å². The van der Waals surface area contributed by atoms with Crippen LogP contribution in [0.1, 0.15) is 47.9 Å². The first-order valence-electron chi connectivity index (χ1n) is 9.58. The van der Waals surface area contributed by atoms with Crippen LogP contribution in [0.4, 0.5) is 10.5 Å². The maximum Gasteiger partial charge on any atom is 0.360 e. The van der Waals surface area contributed by atoms with Crippen molar-refractivity contribution in [3.63, 3.8) is 0 Å². The number of nitrogens with one attached hydrogen (secondary N) is 2. The molecule has 5 rings (SSSR count). The molecular formula is C19H25N3O2S. The van der Waals surface area contributed by atoms with Gasteiger partial charge in [-0.3, -0.25) is 4.90 Å². The number of aryl methyl sites for hydroxylation is 2. The number of rotatable bonds is 4. The molecule has 1 aromatic rings. The van der Waals surface area contributed by atoms with Gasteiger partial charge in [-0.05, 0) is 73.6 Å². The lowest BCUT2D eigenvalue weighted by Gasteiger charge is -2.38. The minimum absolute atomic E-state index is 0.0820. The molecule has 3 aliphatic carbocycles. The Kier molecular flexibility index (Phi) is 3.95. The normalized spacial score (nSPS) is 23.7. The lowest BCUT2D eigenvalue weighted by atomic mass is 9.99. The van der Waals surface area contributed by atoms with Gasteiger partial charge in [-0.1, -0.05) is 6.07 Å². The molecule has 2 fully saturated rings. The largest absolute Gasteiger partial charge is 0.593 e. The fraction of sp³-hybridized carbons (Fsp3) is 0.632. The minimum atomic E-state index is -1.29. The number of urea groups is 1. The second kappa shape index (κ2) is 6.18. The van der Waals surface area contributed by atoms with Crippen LogP contribution in [-0.2, 0) is 37.0 Å². The number of anilines is 1. The third-order valence-electron chi connectivity index (χ3n) is 6.15. The monoisotopic (exact) mass is 359 g/mol. The van der Waals surface area contributed by atoms with Gasteiger partial charge in [0.1, 0.15) is 0 Å². The first-order valence-corrected chi connectivity index (χ1v) is 10.8. The fourth-order valence-electron chi connectivity index (χ4n) is 4.62. The van der Waals surface area contributed by atoms with Gasteiger partial charge in [0.05, 0.1) is 24.5 Å². The van der Waals surface area contributed by atoms with E-state index in [1.165, 1.54) is 47.9 Å². The molecule has 0 aromatic heterocycles. The number of nitrogens with zero attached hydrogens (tertiary/aromatic N) is 1. The van der Waals surface area contributed by atoms with E-state index in [0.717, 1.165) is 50.5 Å². The fourth-order valence-corrected chi connectivity index (χ4v) is 5.68. The summed E-state index contributed by atoms with van der Waals surface area (Å²) in [4.78, 5) is 14.8. The molecule has 1 saturated carbocycles. The van der Waals surface area contributed by atoms with Gasteiger partial charge in [-0.25, -0.2) is 4.79 Å². The van der Waals surface area contributed by atoms with E-state index in [-0.39, 0.29) is 11.3 Å². The Morgan fingerprint density at radius 2 is 1.72 bits per heavy atom. The number of likely N-dealkylation sites (tertiary alicyclic amines) is 1. The molecule has 1 unspecified atom stereocenters. The van der Waals surface area contributed by atoms with Crippen LogP contribution < -0.4 is 10.0 Å². The van der Waals surface area contributed by atoms with E-state index in [2.05, 4.69) is 21.0 Å². The first-order chi connectivity index (χ1) is 12.2. The lowest BCUT2D eigenvalue weighted by Crippen LogP contribution is -2.59. The van der Waals surface area contributed by atoms with Crippen molar-refractivity contribution in [1.29, 1.82) is 0 Å². The van der Waals surface area contributed by atoms with Crippen molar-refractivity contribution in [2.24, 2.45) is 0 Å². The summed E-state index contributed by atoms with van der Waals surface area (Å²) in [5.41, 5.74) is 6.44. The maximum absolute atomic E-state index is 12.5. The van der Waals surface area contributed by atoms with Gasteiger partial charge in [0.25, 0.3) is 0 Å². The molecule has 2 amide bonds. The second-order valence-corrected chi connectivity index (χ2v) is 9.36. The van der Waals surface area contributed by atoms with Crippen molar-refractivity contribution < 1.29 is 9.35 Å². The Balaban J connectivity index is 1.25. The molecule has 1 atom stereocenters. The van der Waals surface area contributed by atoms with Crippen molar-refractivity contribution in [2.45, 2.75) is 62.7 Å². The maximum atomic E-state index is 12.5. The van der Waals surface area contributed by atoms with Crippen LogP contribution >= 0.6 is 0 Å². The first kappa shape index (κ1) is 16.0. The predicted molar refractivity (Wildman–Crippen MR) is 99.2 cm³/mol. The second-order valence-electron chi connectivity index (χ2n) is 7.89. The van der Waals surface area contributed by atoms with E-state index in [9.17, 15) is 9.35 Å². The lowest BCUT2D eigenvalue weighted by molar-refractivity contribution is 0.174. The summed E-state index contributed by atoms with van der Waals surface area (Å²) in [5.74, 6) is 0. The van der Waals surface area contributed by atoms with Gasteiger partial charge in [-0.15, -0.1) is 0 Å². The zero-order valence-electron chi connectivity index (χ0n) is 14.5. The number of fused-ring (bicyclic) bond motifs is 2. The van der Waals surface area contributed by atoms with Crippen LogP contribution in [-0.4, -0.2) is 39.9 Å². The van der Waals surface area contributed by atoms with Gasteiger partial charge < -0.3 is 9.87 Å². The summed E-state index contributed by atoms with van der Waals surface area (Å²) in [7, 11) is 0. The minimum Gasteiger partial charge on any atom is -0.593 e. The number of hydrogen-bond acceptors (Lipinski definition) is 3. The number of amides is 2. The number of benzene rings is 1. The Labute approximate surface area is 151 Å². The van der Waals surface area contributed by atoms with Crippen molar-refractivity contribution in [3.8, 4) is 0 Å². The SMILES string of the molecule is O=C(Nc1c2c(cc3c1CCC3)CCC2)N[S+]([O-])C1CN(C2CC2)C1. The van der Waals surface area contributed by atoms with Crippen molar-refractivity contribution in [2.75, 3.05) is 18.4 Å². The summed E-state index contributed by atoms with van der Waals surface area (Å²) >= 11 is -1.29. The van der Waals surface area contributed by atoms with Crippen LogP contribution in [0.5, 0.6) is 0 Å². The summed E-state index contributed by atoms with van der Waals surface area (Å²) < 4.78 is 15.1. The molecular weight excluding hydrogens is 334 g/mol. The molecule has 1 aliphatic heterocycles. The van der Waals surface area contributed by atoms with Crippen molar-refractivity contribution >= 4 is 23.1 Å². The zero-order chi connectivity index (χ0) is 17.0. The molecule has 4 aliphatic rings. The summed E-state index contributed by atoms with van der Waals surface area (Å²) in [6.07, 6.45) is 9.20. The molecule has 25 heavy (non-hydrogen) atoms. The molecule has 0 bridgehead atoms. The number of hydrogen-bond donors (Lipinski definition) is 2. The van der Waals surface area contributed by atoms with E-state index in [1.807, 2.05) is 0 Å². The molecule has 0 spiro atoms. The molecule has 0 radical (unpaired) electrons. The Morgan fingerprint density at radius 3 is 2.32 bits per heavy atom. The van der Waals surface area contributed by atoms with Crippen molar-refractivity contribution in [3.05, 3.63) is 28.3 Å². The van der Waals surface area contributed by atoms with E-state index < -0.39 is 11.4 Å². The summed E-state index contributed by atoms with van der Waals surface area (Å²) in [6.45, 7) is 1.71. The average Bonchev–Trinajstić information content (AvgIpc) is 3.06. The van der Waals surface area contributed by atoms with Crippen molar-refractivity contribution in [1.82, 2.24) is 9.62 Å². The van der Waals surface area contributed by atoms with E-state index in [0.29, 0.717) is 0 Å². The Bertz CT molecular complexity index is 681. The third-order valence-corrected chi connectivity index (χ3v) is 7.44. The predicted octanol–water partition coefficient (Wildman–Crippen LogP) is 2.30. The van der Waals surface area contributed by atoms with Gasteiger partial charge in [-0.2, -0.15) is 4.72 Å². The van der Waals surface area contributed by atoms with Gasteiger partial charge in [0.15, 0.2) is 5.25 Å². The number of carbonyl (C=O) groups is 1. The Hall–Kier alpha value is -1.24. The highest BCUT2D eigenvalue weighted by Gasteiger charge is 2.44. The van der Waals surface area contributed by atoms with Gasteiger partial charge >= 0.3 is 6.03 Å². The highest BCUT2D eigenvalue weighted by molar-refractivity contribution is 7.90. The molecule has 1 saturated heterocycles. The van der Waals surface area contributed by atoms with Gasteiger partial charge in [0.2, 0.25) is 0 Å². The number of carbonyl (C=O) groups excluding carboxylic acids is 1. The van der Waals surface area contributed by atoms with Crippen LogP contribution in [0.3, 0.4) is 0 Å². The summed E-state index contributed by atoms with van der Waals surface area (Å²) in [6, 6.07) is 2.77. The highest BCUT2D eigenvalue weighted by Crippen LogP contribution is 2.38. The topological polar surface area (TPSA) is 67.4 Å². The van der Waals surface area contributed by atoms with E-state index in [4.69, 9.17) is 0 Å². The average molecular weight is 359 g/mol. The van der Waals surface area contributed by atoms with Crippen LogP contribution in [0.2, 0.25) is 0 Å². The molecule has 6 heteroatoms.